The van der Waals surface area contributed by atoms with E-state index in [0.717, 1.165) is 23.8 Å². The Labute approximate surface area is 130 Å². The van der Waals surface area contributed by atoms with E-state index in [1.165, 1.54) is 12.8 Å². The van der Waals surface area contributed by atoms with Crippen LogP contribution in [0.1, 0.15) is 71.8 Å². The molecule has 0 saturated heterocycles. The van der Waals surface area contributed by atoms with Crippen molar-refractivity contribution in [3.8, 4) is 0 Å². The van der Waals surface area contributed by atoms with E-state index < -0.39 is 0 Å². The lowest BCUT2D eigenvalue weighted by atomic mass is 10.1. The molecule has 0 aliphatic heterocycles. The lowest BCUT2D eigenvalue weighted by Gasteiger charge is -2.28. The molecule has 0 amide bonds. The Kier molecular flexibility index (Phi) is 7.09. The monoisotopic (exact) mass is 292 g/mol. The molecule has 0 aliphatic rings. The third-order valence-electron chi connectivity index (χ3n) is 3.81. The standard InChI is InChI=1S/C17H32N4/c1-8-9-14(6)21(7)16-11-19-17(12(2)3)20-15(16)10-18-13(4)5/h11-14,18H,8-10H2,1-7H3. The summed E-state index contributed by atoms with van der Waals surface area (Å²) in [7, 11) is 2.15. The Morgan fingerprint density at radius 2 is 1.86 bits per heavy atom. The van der Waals surface area contributed by atoms with Crippen LogP contribution < -0.4 is 10.2 Å². The fraction of sp³-hybridized carbons (Fsp3) is 0.765. The van der Waals surface area contributed by atoms with Crippen molar-refractivity contribution < 1.29 is 0 Å². The van der Waals surface area contributed by atoms with Crippen LogP contribution in [-0.2, 0) is 6.54 Å². The van der Waals surface area contributed by atoms with E-state index in [-0.39, 0.29) is 0 Å². The van der Waals surface area contributed by atoms with Crippen LogP contribution in [0.4, 0.5) is 5.69 Å². The van der Waals surface area contributed by atoms with Crippen molar-refractivity contribution in [2.75, 3.05) is 11.9 Å². The van der Waals surface area contributed by atoms with Crippen LogP contribution in [0, 0.1) is 0 Å². The fourth-order valence-corrected chi connectivity index (χ4v) is 2.28. The predicted molar refractivity (Wildman–Crippen MR) is 90.9 cm³/mol. The fourth-order valence-electron chi connectivity index (χ4n) is 2.28. The van der Waals surface area contributed by atoms with Gasteiger partial charge >= 0.3 is 0 Å². The third kappa shape index (κ3) is 5.27. The van der Waals surface area contributed by atoms with E-state index in [1.54, 1.807) is 0 Å². The lowest BCUT2D eigenvalue weighted by molar-refractivity contribution is 0.568. The van der Waals surface area contributed by atoms with E-state index in [0.29, 0.717) is 18.0 Å². The van der Waals surface area contributed by atoms with Gasteiger partial charge in [-0.1, -0.05) is 41.0 Å². The van der Waals surface area contributed by atoms with Crippen LogP contribution in [0.3, 0.4) is 0 Å². The molecule has 1 unspecified atom stereocenters. The molecule has 120 valence electrons. The lowest BCUT2D eigenvalue weighted by Crippen LogP contribution is -2.32. The van der Waals surface area contributed by atoms with Crippen molar-refractivity contribution in [1.29, 1.82) is 0 Å². The summed E-state index contributed by atoms with van der Waals surface area (Å²) in [6.07, 6.45) is 4.36. The first-order valence-electron chi connectivity index (χ1n) is 8.18. The van der Waals surface area contributed by atoms with E-state index in [4.69, 9.17) is 4.98 Å². The van der Waals surface area contributed by atoms with Crippen LogP contribution >= 0.6 is 0 Å². The molecule has 0 saturated carbocycles. The molecule has 0 fully saturated rings. The van der Waals surface area contributed by atoms with Crippen LogP contribution in [0.2, 0.25) is 0 Å². The van der Waals surface area contributed by atoms with Gasteiger partial charge in [0.1, 0.15) is 5.82 Å². The number of aromatic nitrogens is 2. The highest BCUT2D eigenvalue weighted by molar-refractivity contribution is 5.49. The predicted octanol–water partition coefficient (Wildman–Crippen LogP) is 3.72. The van der Waals surface area contributed by atoms with Gasteiger partial charge in [0.2, 0.25) is 0 Å². The molecule has 0 spiro atoms. The first-order chi connectivity index (χ1) is 9.86. The molecule has 4 heteroatoms. The van der Waals surface area contributed by atoms with Gasteiger partial charge in [0.15, 0.2) is 0 Å². The largest absolute Gasteiger partial charge is 0.369 e. The summed E-state index contributed by atoms with van der Waals surface area (Å²) in [5.74, 6) is 1.28. The van der Waals surface area contributed by atoms with E-state index in [1.807, 2.05) is 6.20 Å². The number of hydrogen-bond donors (Lipinski definition) is 1. The minimum atomic E-state index is 0.357. The highest BCUT2D eigenvalue weighted by Crippen LogP contribution is 2.22. The van der Waals surface area contributed by atoms with Gasteiger partial charge in [0.05, 0.1) is 17.6 Å². The Balaban J connectivity index is 3.04. The van der Waals surface area contributed by atoms with E-state index >= 15 is 0 Å². The molecule has 1 aromatic heterocycles. The van der Waals surface area contributed by atoms with Crippen molar-refractivity contribution >= 4 is 5.69 Å². The van der Waals surface area contributed by atoms with Gasteiger partial charge in [0.25, 0.3) is 0 Å². The van der Waals surface area contributed by atoms with Crippen LogP contribution in [0.25, 0.3) is 0 Å². The van der Waals surface area contributed by atoms with Crippen LogP contribution in [0.15, 0.2) is 6.20 Å². The zero-order valence-corrected chi connectivity index (χ0v) is 14.8. The van der Waals surface area contributed by atoms with Crippen molar-refractivity contribution in [3.05, 3.63) is 17.7 Å². The maximum atomic E-state index is 4.79. The third-order valence-corrected chi connectivity index (χ3v) is 3.81. The molecule has 4 nitrogen and oxygen atoms in total. The van der Waals surface area contributed by atoms with Crippen molar-refractivity contribution in [2.24, 2.45) is 0 Å². The molecular formula is C17H32N4. The number of rotatable bonds is 8. The summed E-state index contributed by atoms with van der Waals surface area (Å²) in [6, 6.07) is 0.954. The average molecular weight is 292 g/mol. The summed E-state index contributed by atoms with van der Waals surface area (Å²) < 4.78 is 0. The van der Waals surface area contributed by atoms with E-state index in [9.17, 15) is 0 Å². The molecule has 0 radical (unpaired) electrons. The second-order valence-corrected chi connectivity index (χ2v) is 6.50. The van der Waals surface area contributed by atoms with E-state index in [2.05, 4.69) is 63.8 Å². The highest BCUT2D eigenvalue weighted by atomic mass is 15.2. The maximum absolute atomic E-state index is 4.79. The Morgan fingerprint density at radius 1 is 1.19 bits per heavy atom. The summed E-state index contributed by atoms with van der Waals surface area (Å²) in [5, 5.41) is 3.48. The Bertz CT molecular complexity index is 429. The quantitative estimate of drug-likeness (QED) is 0.793. The molecule has 0 aromatic carbocycles. The van der Waals surface area contributed by atoms with Crippen molar-refractivity contribution in [3.63, 3.8) is 0 Å². The zero-order chi connectivity index (χ0) is 16.0. The summed E-state index contributed by atoms with van der Waals surface area (Å²) in [4.78, 5) is 11.7. The average Bonchev–Trinajstić information content (AvgIpc) is 2.44. The topological polar surface area (TPSA) is 41.1 Å². The zero-order valence-electron chi connectivity index (χ0n) is 14.8. The molecular weight excluding hydrogens is 260 g/mol. The molecule has 1 aromatic rings. The van der Waals surface area contributed by atoms with Crippen molar-refractivity contribution in [1.82, 2.24) is 15.3 Å². The van der Waals surface area contributed by atoms with Gasteiger partial charge in [-0.05, 0) is 13.3 Å². The normalized spacial score (nSPS) is 13.0. The van der Waals surface area contributed by atoms with Crippen LogP contribution in [0.5, 0.6) is 0 Å². The minimum absolute atomic E-state index is 0.357. The summed E-state index contributed by atoms with van der Waals surface area (Å²) in [5.41, 5.74) is 2.25. The SMILES string of the molecule is CCCC(C)N(C)c1cnc(C(C)C)nc1CNC(C)C. The van der Waals surface area contributed by atoms with Gasteiger partial charge in [-0.15, -0.1) is 0 Å². The Morgan fingerprint density at radius 3 is 2.38 bits per heavy atom. The number of anilines is 1. The number of hydrogen-bond acceptors (Lipinski definition) is 4. The molecule has 1 heterocycles. The number of nitrogens with one attached hydrogen (secondary N) is 1. The van der Waals surface area contributed by atoms with Crippen LogP contribution in [-0.4, -0.2) is 29.1 Å². The smallest absolute Gasteiger partial charge is 0.131 e. The van der Waals surface area contributed by atoms with Crippen molar-refractivity contribution in [2.45, 2.75) is 78.9 Å². The summed E-state index contributed by atoms with van der Waals surface area (Å²) >= 11 is 0. The molecule has 21 heavy (non-hydrogen) atoms. The molecule has 0 bridgehead atoms. The second kappa shape index (κ2) is 8.32. The number of nitrogens with zero attached hydrogens (tertiary/aromatic N) is 3. The van der Waals surface area contributed by atoms with Gasteiger partial charge < -0.3 is 10.2 Å². The van der Waals surface area contributed by atoms with Gasteiger partial charge in [-0.2, -0.15) is 0 Å². The Hall–Kier alpha value is -1.16. The summed E-state index contributed by atoms with van der Waals surface area (Å²) in [6.45, 7) is 13.9. The first kappa shape index (κ1) is 17.9. The maximum Gasteiger partial charge on any atom is 0.131 e. The molecule has 0 aliphatic carbocycles. The van der Waals surface area contributed by atoms with Gasteiger partial charge in [-0.25, -0.2) is 9.97 Å². The van der Waals surface area contributed by atoms with Gasteiger partial charge in [0, 0.05) is 31.6 Å². The molecule has 1 atom stereocenters. The highest BCUT2D eigenvalue weighted by Gasteiger charge is 2.16. The van der Waals surface area contributed by atoms with Gasteiger partial charge in [-0.3, -0.25) is 0 Å². The molecule has 1 N–H and O–H groups in total. The second-order valence-electron chi connectivity index (χ2n) is 6.50. The first-order valence-corrected chi connectivity index (χ1v) is 8.18. The molecule has 1 rings (SSSR count). The minimum Gasteiger partial charge on any atom is -0.369 e.